The van der Waals surface area contributed by atoms with E-state index in [0.717, 1.165) is 6.54 Å². The number of rotatable bonds is 4. The first-order valence-electron chi connectivity index (χ1n) is 6.57. The molecule has 1 saturated heterocycles. The molecule has 1 fully saturated rings. The first-order chi connectivity index (χ1) is 8.70. The Kier molecular flexibility index (Phi) is 4.89. The number of ether oxygens (including phenoxy) is 1. The predicted octanol–water partition coefficient (Wildman–Crippen LogP) is 3.54. The van der Waals surface area contributed by atoms with Crippen LogP contribution in [0.4, 0.5) is 0 Å². The van der Waals surface area contributed by atoms with Crippen molar-refractivity contribution in [2.45, 2.75) is 32.7 Å². The molecule has 0 radical (unpaired) electrons. The third kappa shape index (κ3) is 3.39. The molecule has 1 N–H and O–H groups in total. The first kappa shape index (κ1) is 13.7. The smallest absolute Gasteiger partial charge is 0.172 e. The molecule has 3 nitrogen and oxygen atoms in total. The van der Waals surface area contributed by atoms with Crippen LogP contribution in [0.15, 0.2) is 16.6 Å². The number of piperidine rings is 1. The molecule has 0 spiro atoms. The van der Waals surface area contributed by atoms with Gasteiger partial charge in [-0.3, -0.25) is 4.90 Å². The number of hydrogen-bond donors (Lipinski definition) is 1. The van der Waals surface area contributed by atoms with Crippen LogP contribution in [-0.2, 0) is 6.54 Å². The van der Waals surface area contributed by atoms with Crippen LogP contribution in [0.25, 0.3) is 0 Å². The highest BCUT2D eigenvalue weighted by atomic mass is 79.9. The normalized spacial score (nSPS) is 16.8. The van der Waals surface area contributed by atoms with Crippen molar-refractivity contribution in [2.24, 2.45) is 0 Å². The van der Waals surface area contributed by atoms with Gasteiger partial charge in [-0.2, -0.15) is 0 Å². The van der Waals surface area contributed by atoms with Gasteiger partial charge in [0.2, 0.25) is 0 Å². The van der Waals surface area contributed by atoms with Gasteiger partial charge in [0.15, 0.2) is 11.5 Å². The lowest BCUT2D eigenvalue weighted by molar-refractivity contribution is 0.220. The maximum absolute atomic E-state index is 9.87. The average Bonchev–Trinajstić information content (AvgIpc) is 2.37. The van der Waals surface area contributed by atoms with Gasteiger partial charge in [-0.05, 0) is 66.5 Å². The number of likely N-dealkylation sites (tertiary alicyclic amines) is 1. The molecule has 1 aromatic carbocycles. The Morgan fingerprint density at radius 2 is 2.00 bits per heavy atom. The maximum atomic E-state index is 9.87. The SMILES string of the molecule is CCOc1cc(CN2CCCCC2)cc(Br)c1O. The van der Waals surface area contributed by atoms with Gasteiger partial charge in [-0.15, -0.1) is 0 Å². The summed E-state index contributed by atoms with van der Waals surface area (Å²) in [5.41, 5.74) is 1.19. The molecule has 18 heavy (non-hydrogen) atoms. The lowest BCUT2D eigenvalue weighted by atomic mass is 10.1. The highest BCUT2D eigenvalue weighted by Gasteiger charge is 2.14. The van der Waals surface area contributed by atoms with Crippen molar-refractivity contribution < 1.29 is 9.84 Å². The summed E-state index contributed by atoms with van der Waals surface area (Å²) in [4.78, 5) is 2.46. The average molecular weight is 314 g/mol. The second kappa shape index (κ2) is 6.43. The number of halogens is 1. The highest BCUT2D eigenvalue weighted by molar-refractivity contribution is 9.10. The summed E-state index contributed by atoms with van der Waals surface area (Å²) in [6, 6.07) is 3.92. The quantitative estimate of drug-likeness (QED) is 0.923. The van der Waals surface area contributed by atoms with Crippen molar-refractivity contribution in [3.05, 3.63) is 22.2 Å². The van der Waals surface area contributed by atoms with Gasteiger partial charge in [-0.1, -0.05) is 6.42 Å². The lowest BCUT2D eigenvalue weighted by Gasteiger charge is -2.26. The monoisotopic (exact) mass is 313 g/mol. The molecule has 4 heteroatoms. The number of nitrogens with zero attached hydrogens (tertiary/aromatic N) is 1. The number of phenolic OH excluding ortho intramolecular Hbond substituents is 1. The molecular weight excluding hydrogens is 294 g/mol. The van der Waals surface area contributed by atoms with E-state index in [9.17, 15) is 5.11 Å². The van der Waals surface area contributed by atoms with E-state index in [1.807, 2.05) is 19.1 Å². The molecule has 1 aliphatic heterocycles. The molecule has 1 heterocycles. The summed E-state index contributed by atoms with van der Waals surface area (Å²) in [5, 5.41) is 9.87. The van der Waals surface area contributed by atoms with Gasteiger partial charge in [0, 0.05) is 6.54 Å². The van der Waals surface area contributed by atoms with E-state index in [0.29, 0.717) is 16.8 Å². The summed E-state index contributed by atoms with van der Waals surface area (Å²) in [7, 11) is 0. The zero-order valence-corrected chi connectivity index (χ0v) is 12.4. The number of hydrogen-bond acceptors (Lipinski definition) is 3. The van der Waals surface area contributed by atoms with Crippen molar-refractivity contribution in [1.82, 2.24) is 4.90 Å². The fourth-order valence-electron chi connectivity index (χ4n) is 2.36. The Bertz CT molecular complexity index is 403. The van der Waals surface area contributed by atoms with E-state index in [2.05, 4.69) is 20.8 Å². The van der Waals surface area contributed by atoms with E-state index < -0.39 is 0 Å². The number of phenols is 1. The van der Waals surface area contributed by atoms with Gasteiger partial charge < -0.3 is 9.84 Å². The molecule has 0 bridgehead atoms. The Balaban J connectivity index is 2.11. The molecule has 1 aliphatic rings. The third-order valence-corrected chi connectivity index (χ3v) is 3.85. The van der Waals surface area contributed by atoms with Crippen LogP contribution in [0.5, 0.6) is 11.5 Å². The summed E-state index contributed by atoms with van der Waals surface area (Å²) in [6.07, 6.45) is 3.93. The maximum Gasteiger partial charge on any atom is 0.172 e. The minimum Gasteiger partial charge on any atom is -0.503 e. The fraction of sp³-hybridized carbons (Fsp3) is 0.571. The number of benzene rings is 1. The molecule has 0 aromatic heterocycles. The van der Waals surface area contributed by atoms with Gasteiger partial charge in [0.05, 0.1) is 11.1 Å². The Labute approximate surface area is 117 Å². The van der Waals surface area contributed by atoms with Gasteiger partial charge in [0.1, 0.15) is 0 Å². The molecule has 0 unspecified atom stereocenters. The fourth-order valence-corrected chi connectivity index (χ4v) is 2.85. The Morgan fingerprint density at radius 1 is 1.28 bits per heavy atom. The van der Waals surface area contributed by atoms with Crippen molar-refractivity contribution in [3.63, 3.8) is 0 Å². The van der Waals surface area contributed by atoms with Crippen molar-refractivity contribution in [2.75, 3.05) is 19.7 Å². The topological polar surface area (TPSA) is 32.7 Å². The lowest BCUT2D eigenvalue weighted by Crippen LogP contribution is -2.29. The second-order valence-electron chi connectivity index (χ2n) is 4.69. The molecule has 0 amide bonds. The first-order valence-corrected chi connectivity index (χ1v) is 7.36. The standard InChI is InChI=1S/C14H20BrNO2/c1-2-18-13-9-11(8-12(15)14(13)17)10-16-6-4-3-5-7-16/h8-9,17H,2-7,10H2,1H3. The van der Waals surface area contributed by atoms with E-state index in [1.54, 1.807) is 0 Å². The summed E-state index contributed by atoms with van der Waals surface area (Å²) in [6.45, 7) is 5.75. The minimum atomic E-state index is 0.194. The van der Waals surface area contributed by atoms with E-state index in [4.69, 9.17) is 4.74 Å². The Hall–Kier alpha value is -0.740. The van der Waals surface area contributed by atoms with Crippen molar-refractivity contribution in [1.29, 1.82) is 0 Å². The molecule has 1 aromatic rings. The molecule has 0 atom stereocenters. The van der Waals surface area contributed by atoms with Crippen LogP contribution in [0.1, 0.15) is 31.7 Å². The van der Waals surface area contributed by atoms with Crippen LogP contribution < -0.4 is 4.74 Å². The second-order valence-corrected chi connectivity index (χ2v) is 5.55. The van der Waals surface area contributed by atoms with Crippen molar-refractivity contribution in [3.8, 4) is 11.5 Å². The van der Waals surface area contributed by atoms with Gasteiger partial charge in [0.25, 0.3) is 0 Å². The third-order valence-electron chi connectivity index (χ3n) is 3.24. The number of aromatic hydroxyl groups is 1. The molecule has 2 rings (SSSR count). The molecule has 0 aliphatic carbocycles. The van der Waals surface area contributed by atoms with Crippen LogP contribution in [0.3, 0.4) is 0 Å². The van der Waals surface area contributed by atoms with Crippen LogP contribution in [0, 0.1) is 0 Å². The van der Waals surface area contributed by atoms with Crippen LogP contribution in [0.2, 0.25) is 0 Å². The predicted molar refractivity (Wildman–Crippen MR) is 76.1 cm³/mol. The summed E-state index contributed by atoms with van der Waals surface area (Å²) in [5.74, 6) is 0.762. The molecule has 100 valence electrons. The van der Waals surface area contributed by atoms with Gasteiger partial charge in [-0.25, -0.2) is 0 Å². The van der Waals surface area contributed by atoms with E-state index in [1.165, 1.54) is 37.9 Å². The Morgan fingerprint density at radius 3 is 2.67 bits per heavy atom. The molecule has 0 saturated carbocycles. The van der Waals surface area contributed by atoms with Gasteiger partial charge >= 0.3 is 0 Å². The van der Waals surface area contributed by atoms with E-state index >= 15 is 0 Å². The minimum absolute atomic E-state index is 0.194. The highest BCUT2D eigenvalue weighted by Crippen LogP contribution is 2.35. The largest absolute Gasteiger partial charge is 0.503 e. The molecular formula is C14H20BrNO2. The zero-order valence-electron chi connectivity index (χ0n) is 10.8. The summed E-state index contributed by atoms with van der Waals surface area (Å²) < 4.78 is 6.16. The van der Waals surface area contributed by atoms with Crippen molar-refractivity contribution >= 4 is 15.9 Å². The zero-order chi connectivity index (χ0) is 13.0. The van der Waals surface area contributed by atoms with Crippen LogP contribution >= 0.6 is 15.9 Å². The summed E-state index contributed by atoms with van der Waals surface area (Å²) >= 11 is 3.38. The van der Waals surface area contributed by atoms with Crippen LogP contribution in [-0.4, -0.2) is 29.7 Å². The van der Waals surface area contributed by atoms with E-state index in [-0.39, 0.29) is 5.75 Å².